The molecule has 10 rings (SSSR count). The van der Waals surface area contributed by atoms with E-state index in [2.05, 4.69) is 25.1 Å². The summed E-state index contributed by atoms with van der Waals surface area (Å²) in [6, 6.07) is 7.98. The van der Waals surface area contributed by atoms with Gasteiger partial charge in [0.1, 0.15) is 34.7 Å². The highest BCUT2D eigenvalue weighted by Crippen LogP contribution is 2.48. The molecule has 3 atom stereocenters. The first kappa shape index (κ1) is 36.4. The maximum atomic E-state index is 17.2. The Bertz CT molecular complexity index is 2400. The molecule has 57 heavy (non-hydrogen) atoms. The maximum absolute atomic E-state index is 17.2. The Labute approximate surface area is 324 Å². The number of likely N-dealkylation sites (tertiary alicyclic amines) is 1. The van der Waals surface area contributed by atoms with Gasteiger partial charge in [-0.2, -0.15) is 28.1 Å². The smallest absolute Gasteiger partial charge is 0.451 e. The average Bonchev–Trinajstić information content (AvgIpc) is 3.88. The van der Waals surface area contributed by atoms with E-state index in [1.165, 1.54) is 24.3 Å². The van der Waals surface area contributed by atoms with Crippen LogP contribution in [0.5, 0.6) is 17.6 Å². The van der Waals surface area contributed by atoms with Crippen molar-refractivity contribution < 1.29 is 36.5 Å². The predicted molar refractivity (Wildman–Crippen MR) is 200 cm³/mol. The molecule has 0 amide bonds. The second kappa shape index (κ2) is 13.6. The Balaban J connectivity index is 0.935. The van der Waals surface area contributed by atoms with E-state index in [1.54, 1.807) is 13.0 Å². The van der Waals surface area contributed by atoms with Gasteiger partial charge in [-0.1, -0.05) is 6.07 Å². The van der Waals surface area contributed by atoms with Crippen molar-refractivity contribution >= 4 is 27.5 Å². The zero-order chi connectivity index (χ0) is 39.2. The number of ether oxygens (including phenoxy) is 2. The van der Waals surface area contributed by atoms with Crippen LogP contribution in [-0.2, 0) is 12.6 Å². The summed E-state index contributed by atoms with van der Waals surface area (Å²) in [6.07, 6.45) is 2.70. The van der Waals surface area contributed by atoms with Gasteiger partial charge in [-0.05, 0) is 92.8 Å². The van der Waals surface area contributed by atoms with Crippen molar-refractivity contribution in [3.63, 3.8) is 0 Å². The van der Waals surface area contributed by atoms with E-state index in [0.29, 0.717) is 78.2 Å². The van der Waals surface area contributed by atoms with Crippen LogP contribution in [0.25, 0.3) is 32.9 Å². The molecule has 4 aliphatic heterocycles. The lowest BCUT2D eigenvalue weighted by Gasteiger charge is -2.41. The van der Waals surface area contributed by atoms with E-state index >= 15 is 4.39 Å². The Morgan fingerprint density at radius 1 is 0.965 bits per heavy atom. The van der Waals surface area contributed by atoms with Gasteiger partial charge >= 0.3 is 12.2 Å². The highest BCUT2D eigenvalue weighted by atomic mass is 19.4. The van der Waals surface area contributed by atoms with Gasteiger partial charge in [0, 0.05) is 67.5 Å². The molecule has 298 valence electrons. The van der Waals surface area contributed by atoms with Gasteiger partial charge < -0.3 is 29.7 Å². The van der Waals surface area contributed by atoms with Crippen LogP contribution < -0.4 is 19.7 Å². The molecule has 0 unspecified atom stereocenters. The van der Waals surface area contributed by atoms with Crippen LogP contribution in [0.2, 0.25) is 0 Å². The van der Waals surface area contributed by atoms with Gasteiger partial charge in [-0.25, -0.2) is 18.7 Å². The van der Waals surface area contributed by atoms with Crippen LogP contribution in [0, 0.1) is 24.0 Å². The molecule has 3 saturated heterocycles. The summed E-state index contributed by atoms with van der Waals surface area (Å²) in [5.41, 5.74) is 1.21. The number of phenolic OH excluding ortho intramolecular Hbond substituents is 1. The zero-order valence-electron chi connectivity index (χ0n) is 31.2. The maximum Gasteiger partial charge on any atom is 0.451 e. The van der Waals surface area contributed by atoms with Crippen molar-refractivity contribution in [3.05, 3.63) is 65.2 Å². The van der Waals surface area contributed by atoms with Crippen LogP contribution in [-0.4, -0.2) is 91.9 Å². The summed E-state index contributed by atoms with van der Waals surface area (Å²) >= 11 is 0. The van der Waals surface area contributed by atoms with E-state index in [-0.39, 0.29) is 58.0 Å². The molecule has 4 fully saturated rings. The molecule has 1 aliphatic carbocycles. The van der Waals surface area contributed by atoms with Crippen molar-refractivity contribution in [1.82, 2.24) is 35.1 Å². The molecule has 16 heteroatoms. The molecule has 0 spiro atoms. The van der Waals surface area contributed by atoms with Gasteiger partial charge in [-0.3, -0.25) is 0 Å². The first-order valence-corrected chi connectivity index (χ1v) is 19.7. The number of phenols is 1. The minimum atomic E-state index is -4.65. The van der Waals surface area contributed by atoms with Crippen LogP contribution >= 0.6 is 0 Å². The summed E-state index contributed by atoms with van der Waals surface area (Å²) in [4.78, 5) is 26.2. The monoisotopic (exact) mass is 788 g/mol. The number of nitrogens with one attached hydrogen (secondary N) is 1. The number of anilines is 1. The number of benzene rings is 2. The molecule has 5 aliphatic rings. The minimum absolute atomic E-state index is 0.00577. The standard InChI is InChI=1S/C41H41F5N8O3/c1-21-27(42)4-2-22-16-24(55)17-26(32(21)22)35-34(43)36-33-29(49-35)6-7-30-28-5-3-23(48-28)18-54(30)37(33)52-39(51-36)56-20-40(11-12-40)19-53-14-9-25(10-15-53)57-31-8-13-47-38(50-31)41(44,45)46/h2,4,8,13,16-17,23,25,28,30,48,55H,3,5-7,9-12,14-15,18-20H2,1H3/t23-,28+,30-/m1/s1. The summed E-state index contributed by atoms with van der Waals surface area (Å²) in [5, 5.41) is 16.1. The minimum Gasteiger partial charge on any atom is -0.508 e. The SMILES string of the molecule is Cc1c(F)ccc2cc(O)cc(-c3nc4c5c(nc(OCC6(CN7CCC(Oc8ccnc(C(F)(F)F)n8)CC7)CC6)nc5c3F)N3C[C@H]5CC[C@H](N5)[C@H]3CC4)c12. The van der Waals surface area contributed by atoms with E-state index in [4.69, 9.17) is 24.4 Å². The van der Waals surface area contributed by atoms with Crippen molar-refractivity contribution in [2.75, 3.05) is 37.7 Å². The molecule has 3 aromatic heterocycles. The Kier molecular flexibility index (Phi) is 8.66. The molecule has 2 aromatic carbocycles. The number of halogens is 5. The second-order valence-electron chi connectivity index (χ2n) is 16.4. The lowest BCUT2D eigenvalue weighted by molar-refractivity contribution is -0.145. The lowest BCUT2D eigenvalue weighted by Crippen LogP contribution is -2.58. The Morgan fingerprint density at radius 3 is 2.58 bits per heavy atom. The molecule has 1 saturated carbocycles. The summed E-state index contributed by atoms with van der Waals surface area (Å²) < 4.78 is 83.8. The van der Waals surface area contributed by atoms with Crippen LogP contribution in [0.15, 0.2) is 36.5 Å². The van der Waals surface area contributed by atoms with Crippen molar-refractivity contribution in [1.29, 1.82) is 0 Å². The number of rotatable bonds is 8. The third-order valence-corrected chi connectivity index (χ3v) is 12.6. The number of piperidine rings is 1. The molecular weight excluding hydrogens is 747 g/mol. The fourth-order valence-electron chi connectivity index (χ4n) is 9.52. The average molecular weight is 789 g/mol. The number of pyridine rings is 1. The quantitative estimate of drug-likeness (QED) is 0.160. The highest BCUT2D eigenvalue weighted by molar-refractivity contribution is 6.02. The molecule has 5 aromatic rings. The van der Waals surface area contributed by atoms with Gasteiger partial charge in [0.25, 0.3) is 0 Å². The zero-order valence-corrected chi connectivity index (χ0v) is 31.2. The third kappa shape index (κ3) is 6.63. The molecule has 11 nitrogen and oxygen atoms in total. The fraction of sp³-hybridized carbons (Fsp3) is 0.488. The molecule has 0 radical (unpaired) electrons. The normalized spacial score (nSPS) is 23.1. The Hall–Kier alpha value is -4.96. The number of fused-ring (bicyclic) bond motifs is 6. The summed E-state index contributed by atoms with van der Waals surface area (Å²) in [7, 11) is 0. The van der Waals surface area contributed by atoms with E-state index in [0.717, 1.165) is 51.4 Å². The van der Waals surface area contributed by atoms with Gasteiger partial charge in [-0.15, -0.1) is 0 Å². The van der Waals surface area contributed by atoms with Crippen molar-refractivity contribution in [3.8, 4) is 28.9 Å². The van der Waals surface area contributed by atoms with Crippen LogP contribution in [0.3, 0.4) is 0 Å². The van der Waals surface area contributed by atoms with Crippen LogP contribution in [0.1, 0.15) is 62.0 Å². The number of aryl methyl sites for hydroxylation is 2. The number of alkyl halides is 3. The fourth-order valence-corrected chi connectivity index (χ4v) is 9.52. The van der Waals surface area contributed by atoms with Gasteiger partial charge in [0.15, 0.2) is 5.82 Å². The number of piperazine rings is 1. The Morgan fingerprint density at radius 2 is 1.79 bits per heavy atom. The van der Waals surface area contributed by atoms with E-state index in [9.17, 15) is 22.7 Å². The summed E-state index contributed by atoms with van der Waals surface area (Å²) in [6.45, 7) is 4.83. The molecule has 7 heterocycles. The topological polar surface area (TPSA) is 122 Å². The van der Waals surface area contributed by atoms with Crippen LogP contribution in [0.4, 0.5) is 27.8 Å². The molecular formula is C41H41F5N8O3. The third-order valence-electron chi connectivity index (χ3n) is 12.6. The molecule has 2 N–H and O–H groups in total. The predicted octanol–water partition coefficient (Wildman–Crippen LogP) is 6.90. The van der Waals surface area contributed by atoms with Crippen molar-refractivity contribution in [2.24, 2.45) is 5.41 Å². The number of aromatic nitrogens is 5. The second-order valence-corrected chi connectivity index (χ2v) is 16.4. The van der Waals surface area contributed by atoms with Gasteiger partial charge in [0.2, 0.25) is 11.7 Å². The first-order valence-electron chi connectivity index (χ1n) is 19.7. The molecule has 2 bridgehead atoms. The number of hydrogen-bond acceptors (Lipinski definition) is 11. The number of nitrogens with zero attached hydrogens (tertiary/aromatic N) is 7. The van der Waals surface area contributed by atoms with E-state index in [1.807, 2.05) is 0 Å². The highest BCUT2D eigenvalue weighted by Gasteiger charge is 2.47. The number of hydrogen-bond donors (Lipinski definition) is 2. The van der Waals surface area contributed by atoms with Crippen molar-refractivity contribution in [2.45, 2.75) is 88.7 Å². The lowest BCUT2D eigenvalue weighted by atomic mass is 9.95. The summed E-state index contributed by atoms with van der Waals surface area (Å²) in [5.74, 6) is -1.90. The van der Waals surface area contributed by atoms with E-state index < -0.39 is 23.6 Å². The first-order chi connectivity index (χ1) is 27.4. The largest absolute Gasteiger partial charge is 0.508 e. The van der Waals surface area contributed by atoms with Gasteiger partial charge in [0.05, 0.1) is 17.7 Å². The number of aromatic hydroxyl groups is 1.